The van der Waals surface area contributed by atoms with Gasteiger partial charge in [-0.25, -0.2) is 4.68 Å². The van der Waals surface area contributed by atoms with Gasteiger partial charge in [0, 0.05) is 31.7 Å². The topological polar surface area (TPSA) is 80.6 Å². The predicted octanol–water partition coefficient (Wildman–Crippen LogP) is 3.45. The summed E-state index contributed by atoms with van der Waals surface area (Å²) in [5.74, 6) is -0.159. The summed E-state index contributed by atoms with van der Waals surface area (Å²) in [6, 6.07) is 17.8. The molecule has 3 aromatic rings. The maximum absolute atomic E-state index is 13.2. The molecule has 1 saturated heterocycles. The molecule has 35 heavy (non-hydrogen) atoms. The van der Waals surface area contributed by atoms with Crippen LogP contribution in [0.15, 0.2) is 54.6 Å². The Balaban J connectivity index is 1.20. The van der Waals surface area contributed by atoms with Crippen molar-refractivity contribution in [3.8, 4) is 0 Å². The molecule has 0 unspecified atom stereocenters. The summed E-state index contributed by atoms with van der Waals surface area (Å²) >= 11 is 0. The zero-order valence-corrected chi connectivity index (χ0v) is 20.5. The van der Waals surface area contributed by atoms with Crippen molar-refractivity contribution in [2.24, 2.45) is 0 Å². The molecule has 5 rings (SSSR count). The number of hydrogen-bond acceptors (Lipinski definition) is 5. The zero-order valence-electron chi connectivity index (χ0n) is 20.5. The minimum Gasteiger partial charge on any atom is -0.365 e. The third kappa shape index (κ3) is 4.71. The minimum atomic E-state index is -0.158. The van der Waals surface area contributed by atoms with Gasteiger partial charge in [0.2, 0.25) is 0 Å². The number of carbonyl (C=O) groups is 2. The van der Waals surface area contributed by atoms with Crippen LogP contribution in [0.1, 0.15) is 64.5 Å². The van der Waals surface area contributed by atoms with Gasteiger partial charge >= 0.3 is 0 Å². The number of amides is 2. The first-order chi connectivity index (χ1) is 16.8. The smallest absolute Gasteiger partial charge is 0.276 e. The maximum atomic E-state index is 13.2. The van der Waals surface area contributed by atoms with Crippen molar-refractivity contribution in [1.29, 1.82) is 0 Å². The molecule has 2 amide bonds. The molecule has 2 aliphatic heterocycles. The third-order valence-corrected chi connectivity index (χ3v) is 6.82. The van der Waals surface area contributed by atoms with Gasteiger partial charge in [-0.05, 0) is 28.7 Å². The molecule has 1 atom stereocenters. The number of benzene rings is 2. The summed E-state index contributed by atoms with van der Waals surface area (Å²) in [6.45, 7) is 9.17. The van der Waals surface area contributed by atoms with E-state index in [1.54, 1.807) is 9.58 Å². The first-order valence-electron chi connectivity index (χ1n) is 12.1. The number of aromatic nitrogens is 3. The van der Waals surface area contributed by atoms with Gasteiger partial charge in [-0.2, -0.15) is 0 Å². The number of ether oxygens (including phenoxy) is 1. The normalized spacial score (nSPS) is 18.3. The van der Waals surface area contributed by atoms with Crippen LogP contribution in [0.5, 0.6) is 0 Å². The van der Waals surface area contributed by atoms with Crippen molar-refractivity contribution in [3.05, 3.63) is 82.7 Å². The van der Waals surface area contributed by atoms with E-state index in [1.807, 2.05) is 59.5 Å². The first kappa shape index (κ1) is 23.2. The lowest BCUT2D eigenvalue weighted by atomic mass is 9.86. The first-order valence-corrected chi connectivity index (χ1v) is 12.1. The Bertz CT molecular complexity index is 1210. The van der Waals surface area contributed by atoms with Crippen LogP contribution in [0, 0.1) is 0 Å². The van der Waals surface area contributed by atoms with E-state index in [4.69, 9.17) is 4.74 Å². The van der Waals surface area contributed by atoms with E-state index in [2.05, 4.69) is 31.1 Å². The van der Waals surface area contributed by atoms with Gasteiger partial charge in [0.25, 0.3) is 11.8 Å². The SMILES string of the molecule is CC(C)(C)c1ccc(C(=O)N2CCN(C(=O)c3nnn4c3CO[C@@H](c3ccccc3)C4)CC2)cc1. The van der Waals surface area contributed by atoms with Crippen LogP contribution in [0.3, 0.4) is 0 Å². The molecular formula is C27H31N5O3. The number of rotatable bonds is 3. The van der Waals surface area contributed by atoms with Crippen LogP contribution < -0.4 is 0 Å². The molecule has 8 heteroatoms. The van der Waals surface area contributed by atoms with Crippen molar-refractivity contribution in [3.63, 3.8) is 0 Å². The van der Waals surface area contributed by atoms with Crippen molar-refractivity contribution < 1.29 is 14.3 Å². The van der Waals surface area contributed by atoms with Crippen molar-refractivity contribution in [2.75, 3.05) is 26.2 Å². The fraction of sp³-hybridized carbons (Fsp3) is 0.407. The molecule has 0 spiro atoms. The van der Waals surface area contributed by atoms with Gasteiger partial charge in [-0.15, -0.1) is 5.10 Å². The van der Waals surface area contributed by atoms with Gasteiger partial charge in [-0.1, -0.05) is 68.4 Å². The molecule has 2 aromatic carbocycles. The highest BCUT2D eigenvalue weighted by Crippen LogP contribution is 2.27. The van der Waals surface area contributed by atoms with Gasteiger partial charge in [0.15, 0.2) is 5.69 Å². The summed E-state index contributed by atoms with van der Waals surface area (Å²) in [4.78, 5) is 29.8. The quantitative estimate of drug-likeness (QED) is 0.582. The number of hydrogen-bond donors (Lipinski definition) is 0. The number of piperazine rings is 1. The Hall–Kier alpha value is -3.52. The molecule has 2 aliphatic rings. The summed E-state index contributed by atoms with van der Waals surface area (Å²) < 4.78 is 7.80. The van der Waals surface area contributed by atoms with Gasteiger partial charge in [0.1, 0.15) is 6.10 Å². The van der Waals surface area contributed by atoms with E-state index >= 15 is 0 Å². The van der Waals surface area contributed by atoms with Crippen LogP contribution in [-0.4, -0.2) is 62.8 Å². The Morgan fingerprint density at radius 2 is 1.51 bits per heavy atom. The van der Waals surface area contributed by atoms with Gasteiger partial charge in [0.05, 0.1) is 18.8 Å². The second-order valence-electron chi connectivity index (χ2n) is 10.2. The summed E-state index contributed by atoms with van der Waals surface area (Å²) in [5, 5.41) is 8.42. The molecule has 1 aromatic heterocycles. The van der Waals surface area contributed by atoms with Crippen LogP contribution in [0.4, 0.5) is 0 Å². The molecule has 182 valence electrons. The molecule has 3 heterocycles. The maximum Gasteiger partial charge on any atom is 0.276 e. The summed E-state index contributed by atoms with van der Waals surface area (Å²) in [6.07, 6.45) is -0.111. The Kier molecular flexibility index (Phi) is 6.15. The van der Waals surface area contributed by atoms with E-state index in [-0.39, 0.29) is 29.9 Å². The lowest BCUT2D eigenvalue weighted by Gasteiger charge is -2.34. The highest BCUT2D eigenvalue weighted by Gasteiger charge is 2.32. The van der Waals surface area contributed by atoms with E-state index in [9.17, 15) is 9.59 Å². The monoisotopic (exact) mass is 473 g/mol. The van der Waals surface area contributed by atoms with Crippen molar-refractivity contribution in [2.45, 2.75) is 45.4 Å². The number of nitrogens with zero attached hydrogens (tertiary/aromatic N) is 5. The summed E-state index contributed by atoms with van der Waals surface area (Å²) in [5.41, 5.74) is 4.04. The highest BCUT2D eigenvalue weighted by atomic mass is 16.5. The molecule has 0 N–H and O–H groups in total. The highest BCUT2D eigenvalue weighted by molar-refractivity contribution is 5.95. The molecule has 1 fully saturated rings. The molecule has 0 bridgehead atoms. The predicted molar refractivity (Wildman–Crippen MR) is 131 cm³/mol. The standard InChI is InChI=1S/C27H31N5O3/c1-27(2,3)21-11-9-20(10-12-21)25(33)30-13-15-31(16-14-30)26(34)24-22-18-35-23(17-32(22)29-28-24)19-7-5-4-6-8-19/h4-12,23H,13-18H2,1-3H3/t23-/m1/s1. The number of fused-ring (bicyclic) bond motifs is 1. The fourth-order valence-electron chi connectivity index (χ4n) is 4.60. The second kappa shape index (κ2) is 9.26. The molecule has 0 radical (unpaired) electrons. The Labute approximate surface area is 205 Å². The largest absolute Gasteiger partial charge is 0.365 e. The lowest BCUT2D eigenvalue weighted by molar-refractivity contribution is -0.00202. The van der Waals surface area contributed by atoms with E-state index in [1.165, 1.54) is 5.56 Å². The van der Waals surface area contributed by atoms with E-state index in [0.29, 0.717) is 49.7 Å². The van der Waals surface area contributed by atoms with Crippen LogP contribution >= 0.6 is 0 Å². The van der Waals surface area contributed by atoms with Crippen LogP contribution in [0.2, 0.25) is 0 Å². The van der Waals surface area contributed by atoms with Gasteiger partial charge in [-0.3, -0.25) is 9.59 Å². The van der Waals surface area contributed by atoms with Crippen molar-refractivity contribution in [1.82, 2.24) is 24.8 Å². The average Bonchev–Trinajstić information content (AvgIpc) is 3.31. The van der Waals surface area contributed by atoms with Crippen LogP contribution in [-0.2, 0) is 23.3 Å². The Morgan fingerprint density at radius 3 is 2.14 bits per heavy atom. The van der Waals surface area contributed by atoms with Crippen LogP contribution in [0.25, 0.3) is 0 Å². The molecular weight excluding hydrogens is 442 g/mol. The summed E-state index contributed by atoms with van der Waals surface area (Å²) in [7, 11) is 0. The Morgan fingerprint density at radius 1 is 0.886 bits per heavy atom. The molecule has 0 saturated carbocycles. The molecule has 8 nitrogen and oxygen atoms in total. The average molecular weight is 474 g/mol. The number of carbonyl (C=O) groups excluding carboxylic acids is 2. The zero-order chi connectivity index (χ0) is 24.6. The van der Waals surface area contributed by atoms with Gasteiger partial charge < -0.3 is 14.5 Å². The van der Waals surface area contributed by atoms with E-state index in [0.717, 1.165) is 5.56 Å². The lowest BCUT2D eigenvalue weighted by Crippen LogP contribution is -2.50. The van der Waals surface area contributed by atoms with E-state index < -0.39 is 0 Å². The minimum absolute atomic E-state index is 0.000973. The van der Waals surface area contributed by atoms with Crippen molar-refractivity contribution >= 4 is 11.8 Å². The molecule has 0 aliphatic carbocycles. The third-order valence-electron chi connectivity index (χ3n) is 6.82. The fourth-order valence-corrected chi connectivity index (χ4v) is 4.60. The second-order valence-corrected chi connectivity index (χ2v) is 10.2.